The smallest absolute Gasteiger partial charge is 0.268 e. The Morgan fingerprint density at radius 2 is 1.26 bits per heavy atom. The second-order valence-corrected chi connectivity index (χ2v) is 17.7. The van der Waals surface area contributed by atoms with E-state index in [0.717, 1.165) is 55.0 Å². The average molecular weight is 1070 g/mol. The zero-order valence-corrected chi connectivity index (χ0v) is 39.3. The van der Waals surface area contributed by atoms with E-state index in [1.54, 1.807) is 27.3 Å². The molecule has 0 aliphatic heterocycles. The molecule has 0 unspecified atom stereocenters. The summed E-state index contributed by atoms with van der Waals surface area (Å²) in [6.07, 6.45) is 5.35. The van der Waals surface area contributed by atoms with Crippen LogP contribution in [0, 0.1) is 25.4 Å². The number of para-hydroxylation sites is 5. The molecule has 0 fully saturated rings. The van der Waals surface area contributed by atoms with Crippen LogP contribution in [0.4, 0.5) is 0 Å². The number of imidazole rings is 3. The molecule has 68 heavy (non-hydrogen) atoms. The van der Waals surface area contributed by atoms with Crippen molar-refractivity contribution in [3.63, 3.8) is 0 Å². The van der Waals surface area contributed by atoms with Crippen molar-refractivity contribution >= 4 is 60.7 Å². The number of fused-ring (bicyclic) bond motifs is 9. The molecule has 7 nitrogen and oxygen atoms in total. The molecule has 8 heteroatoms. The van der Waals surface area contributed by atoms with Gasteiger partial charge in [-0.05, 0) is 92.1 Å². The summed E-state index contributed by atoms with van der Waals surface area (Å²) >= 11 is 0. The number of aryl methyl sites for hydroxylation is 1. The number of rotatable bonds is 6. The van der Waals surface area contributed by atoms with Crippen LogP contribution in [0.2, 0.25) is 0 Å². The maximum absolute atomic E-state index is 9.11. The van der Waals surface area contributed by atoms with Crippen LogP contribution in [-0.2, 0) is 26.5 Å². The minimum absolute atomic E-state index is 0. The Hall–Kier alpha value is -7.86. The van der Waals surface area contributed by atoms with Crippen molar-refractivity contribution in [1.29, 1.82) is 0 Å². The average Bonchev–Trinajstić information content (AvgIpc) is 4.27. The van der Waals surface area contributed by atoms with Crippen LogP contribution in [0.5, 0.6) is 0 Å². The molecule has 0 bridgehead atoms. The zero-order chi connectivity index (χ0) is 53.7. The predicted molar refractivity (Wildman–Crippen MR) is 271 cm³/mol. The molecule has 0 aliphatic rings. The molecule has 0 spiro atoms. The number of hydrogen-bond acceptors (Lipinski definition) is 2. The van der Waals surface area contributed by atoms with Crippen LogP contribution in [0.1, 0.15) is 45.6 Å². The van der Waals surface area contributed by atoms with Gasteiger partial charge in [0.1, 0.15) is 5.82 Å². The van der Waals surface area contributed by atoms with Crippen molar-refractivity contribution in [3.05, 3.63) is 218 Å². The summed E-state index contributed by atoms with van der Waals surface area (Å²) in [5.41, 5.74) is 9.91. The molecule has 5 aromatic heterocycles. The Morgan fingerprint density at radius 3 is 2.01 bits per heavy atom. The van der Waals surface area contributed by atoms with Crippen LogP contribution >= 0.6 is 0 Å². The van der Waals surface area contributed by atoms with Gasteiger partial charge in [0.25, 0.3) is 6.33 Å². The first kappa shape index (κ1) is 31.9. The summed E-state index contributed by atoms with van der Waals surface area (Å²) in [5, 5.41) is 1.95. The quantitative estimate of drug-likeness (QED) is 0.123. The molecule has 0 radical (unpaired) electrons. The van der Waals surface area contributed by atoms with Crippen molar-refractivity contribution in [1.82, 2.24) is 28.1 Å². The molecular weight excluding hydrogens is 1010 g/mol. The van der Waals surface area contributed by atoms with Gasteiger partial charge in [0.15, 0.2) is 0 Å². The third-order valence-electron chi connectivity index (χ3n) is 12.7. The first-order valence-electron chi connectivity index (χ1n) is 26.9. The zero-order valence-electron chi connectivity index (χ0n) is 47.1. The Balaban J connectivity index is 0.00000609. The number of benzene rings is 8. The fraction of sp³-hybridized carbons (Fsp3) is 0.0833. The Labute approximate surface area is 422 Å². The molecule has 13 rings (SSSR count). The second kappa shape index (κ2) is 15.9. The first-order chi connectivity index (χ1) is 36.9. The fourth-order valence-electron chi connectivity index (χ4n) is 9.51. The number of hydrogen-bond donors (Lipinski definition) is 0. The predicted octanol–water partition coefficient (Wildman–Crippen LogP) is 13.5. The Morgan fingerprint density at radius 1 is 0.603 bits per heavy atom. The van der Waals surface area contributed by atoms with Crippen LogP contribution in [0.25, 0.3) is 106 Å². The second-order valence-electron chi connectivity index (χ2n) is 17.7. The van der Waals surface area contributed by atoms with Gasteiger partial charge in [-0.15, -0.1) is 23.6 Å². The van der Waals surface area contributed by atoms with E-state index >= 15 is 0 Å². The Bertz CT molecular complexity index is 4570. The standard InChI is InChI=1S/C60H43N7.Pt/c1-39-18-15-31-52-57(39)62-59-66(52)54-36-48-47-25-11-12-28-49(47)65(53(48)37-55(54)67(59)56-34-42(32-33-61-56)60(2,3)4)44-24-16-23-43(35-44)63-38-64(51-30-14-13-29-50(51)63)58-45(40-19-7-5-8-20-40)26-17-27-46(58)41-21-9-6-10-22-41;/h5-34,36H,1-4H3;/q-2;/i5D,6D,7D,8D,9D,10D,19D,20D,21D,22D;. The monoisotopic (exact) mass is 1070 g/mol. The molecule has 8 aromatic carbocycles. The van der Waals surface area contributed by atoms with Gasteiger partial charge in [0.2, 0.25) is 5.78 Å². The van der Waals surface area contributed by atoms with E-state index in [4.69, 9.17) is 23.7 Å². The van der Waals surface area contributed by atoms with E-state index in [1.807, 2.05) is 66.9 Å². The largest absolute Gasteiger partial charge is 0.359 e. The minimum atomic E-state index is -0.570. The number of aromatic nitrogens is 7. The normalized spacial score (nSPS) is 14.1. The third kappa shape index (κ3) is 6.41. The maximum Gasteiger partial charge on any atom is 0.268 e. The van der Waals surface area contributed by atoms with Gasteiger partial charge in [0.05, 0.1) is 41.5 Å². The van der Waals surface area contributed by atoms with E-state index in [2.05, 4.69) is 102 Å². The van der Waals surface area contributed by atoms with E-state index in [-0.39, 0.29) is 54.4 Å². The van der Waals surface area contributed by atoms with E-state index in [9.17, 15) is 0 Å². The van der Waals surface area contributed by atoms with Gasteiger partial charge < -0.3 is 13.5 Å². The molecule has 0 aliphatic carbocycles. The van der Waals surface area contributed by atoms with Crippen molar-refractivity contribution in [2.45, 2.75) is 33.1 Å². The summed E-state index contributed by atoms with van der Waals surface area (Å²) in [6, 6.07) is 41.2. The number of nitrogens with zero attached hydrogens (tertiary/aromatic N) is 7. The molecular formula is C60H43N7Pt-2. The molecule has 5 heterocycles. The summed E-state index contributed by atoms with van der Waals surface area (Å²) in [6.45, 7) is 8.61. The van der Waals surface area contributed by atoms with Crippen molar-refractivity contribution < 1.29 is 39.3 Å². The van der Waals surface area contributed by atoms with Gasteiger partial charge in [-0.3, -0.25) is 9.13 Å². The number of pyridine rings is 1. The summed E-state index contributed by atoms with van der Waals surface area (Å²) < 4.78 is 97.7. The molecule has 0 atom stereocenters. The van der Waals surface area contributed by atoms with Gasteiger partial charge >= 0.3 is 0 Å². The van der Waals surface area contributed by atoms with E-state index < -0.39 is 60.4 Å². The van der Waals surface area contributed by atoms with Gasteiger partial charge in [-0.2, -0.15) is 18.2 Å². The van der Waals surface area contributed by atoms with Gasteiger partial charge in [0, 0.05) is 32.8 Å². The van der Waals surface area contributed by atoms with E-state index in [0.29, 0.717) is 34.0 Å². The van der Waals surface area contributed by atoms with E-state index in [1.165, 1.54) is 0 Å². The SMILES string of the molecule is [2H]c1c([2H])c([2H])c(-c2cccc(-c3c([2H])c([2H])c([2H])c([2H])c3[2H])c2-[n+]2[c-]n(-c3[c-]c(-n4c5[c-]c6c(cc5c5ccccc54)n4c5cccc(C)c5nc4n6-c4cc(C(C)(C)C)ccn4)ccc3)c3ccccc32)c([2H])c1[2H].[Pt]. The first-order valence-corrected chi connectivity index (χ1v) is 21.9. The Kier molecular flexibility index (Phi) is 7.47. The van der Waals surface area contributed by atoms with Crippen molar-refractivity contribution in [3.8, 4) is 45.1 Å². The molecule has 0 saturated heterocycles. The summed E-state index contributed by atoms with van der Waals surface area (Å²) in [7, 11) is 0. The van der Waals surface area contributed by atoms with Gasteiger partial charge in [-0.25, -0.2) is 9.97 Å². The van der Waals surface area contributed by atoms with Crippen LogP contribution < -0.4 is 4.57 Å². The molecule has 13 aromatic rings. The third-order valence-corrected chi connectivity index (χ3v) is 12.7. The molecule has 330 valence electrons. The minimum Gasteiger partial charge on any atom is -0.359 e. The molecule has 0 amide bonds. The molecule has 0 N–H and O–H groups in total. The van der Waals surface area contributed by atoms with Crippen LogP contribution in [0.3, 0.4) is 0 Å². The maximum atomic E-state index is 9.11. The van der Waals surface area contributed by atoms with Crippen LogP contribution in [-0.4, -0.2) is 28.1 Å². The summed E-state index contributed by atoms with van der Waals surface area (Å²) in [5.74, 6) is 1.42. The fourth-order valence-corrected chi connectivity index (χ4v) is 9.51. The summed E-state index contributed by atoms with van der Waals surface area (Å²) in [4.78, 5) is 10.2. The van der Waals surface area contributed by atoms with Crippen molar-refractivity contribution in [2.24, 2.45) is 0 Å². The topological polar surface area (TPSA) is 48.9 Å². The molecule has 0 saturated carbocycles. The van der Waals surface area contributed by atoms with Crippen LogP contribution in [0.15, 0.2) is 188 Å². The van der Waals surface area contributed by atoms with Crippen molar-refractivity contribution in [2.75, 3.05) is 0 Å². The van der Waals surface area contributed by atoms with Gasteiger partial charge in [-0.1, -0.05) is 165 Å².